The number of anilines is 3. The average molecular weight is 352 g/mol. The van der Waals surface area contributed by atoms with Crippen LogP contribution >= 0.6 is 0 Å². The first-order valence-electron chi connectivity index (χ1n) is 8.37. The minimum Gasteiger partial charge on any atom is -0.356 e. The van der Waals surface area contributed by atoms with Gasteiger partial charge in [0, 0.05) is 43.2 Å². The molecule has 7 heteroatoms. The largest absolute Gasteiger partial charge is 0.356 e. The number of nitrogens with zero attached hydrogens (tertiary/aromatic N) is 2. The molecule has 0 aromatic heterocycles. The number of hydrogen-bond acceptors (Lipinski definition) is 4. The van der Waals surface area contributed by atoms with Crippen LogP contribution in [0.1, 0.15) is 0 Å². The molecule has 1 heterocycles. The van der Waals surface area contributed by atoms with E-state index < -0.39 is 11.8 Å². The van der Waals surface area contributed by atoms with Gasteiger partial charge >= 0.3 is 11.8 Å². The molecule has 26 heavy (non-hydrogen) atoms. The van der Waals surface area contributed by atoms with Crippen LogP contribution in [-0.2, 0) is 14.4 Å². The van der Waals surface area contributed by atoms with Crippen LogP contribution < -0.4 is 10.6 Å². The quantitative estimate of drug-likeness (QED) is 0.648. The SMILES string of the molecule is O=CN1CCN(C(=O)C(=O)Nc2ccc(Nc3ccccc3)cc2)CC1. The number of hydrogen-bond donors (Lipinski definition) is 2. The summed E-state index contributed by atoms with van der Waals surface area (Å²) in [5.74, 6) is -1.25. The molecular weight excluding hydrogens is 332 g/mol. The zero-order valence-corrected chi connectivity index (χ0v) is 14.2. The van der Waals surface area contributed by atoms with Crippen molar-refractivity contribution < 1.29 is 14.4 Å². The summed E-state index contributed by atoms with van der Waals surface area (Å²) in [6, 6.07) is 16.9. The maximum absolute atomic E-state index is 12.2. The fourth-order valence-electron chi connectivity index (χ4n) is 2.68. The number of benzene rings is 2. The van der Waals surface area contributed by atoms with E-state index in [1.54, 1.807) is 17.0 Å². The Morgan fingerprint density at radius 3 is 2.00 bits per heavy atom. The average Bonchev–Trinajstić information content (AvgIpc) is 2.70. The second-order valence-corrected chi connectivity index (χ2v) is 5.96. The van der Waals surface area contributed by atoms with Crippen molar-refractivity contribution in [2.24, 2.45) is 0 Å². The fourth-order valence-corrected chi connectivity index (χ4v) is 2.68. The van der Waals surface area contributed by atoms with Crippen LogP contribution in [0.5, 0.6) is 0 Å². The van der Waals surface area contributed by atoms with Gasteiger partial charge < -0.3 is 20.4 Å². The molecule has 3 rings (SSSR count). The van der Waals surface area contributed by atoms with Gasteiger partial charge in [0.25, 0.3) is 0 Å². The van der Waals surface area contributed by atoms with E-state index in [4.69, 9.17) is 0 Å². The van der Waals surface area contributed by atoms with E-state index in [2.05, 4.69) is 10.6 Å². The van der Waals surface area contributed by atoms with Crippen LogP contribution in [-0.4, -0.2) is 54.2 Å². The molecule has 1 aliphatic heterocycles. The minimum atomic E-state index is -0.673. The smallest absolute Gasteiger partial charge is 0.313 e. The second-order valence-electron chi connectivity index (χ2n) is 5.96. The highest BCUT2D eigenvalue weighted by molar-refractivity contribution is 6.39. The molecule has 2 aromatic rings. The van der Waals surface area contributed by atoms with Crippen LogP contribution in [0, 0.1) is 0 Å². The van der Waals surface area contributed by atoms with E-state index in [-0.39, 0.29) is 0 Å². The lowest BCUT2D eigenvalue weighted by molar-refractivity contribution is -0.144. The first kappa shape index (κ1) is 17.5. The molecule has 0 bridgehead atoms. The van der Waals surface area contributed by atoms with Gasteiger partial charge in [0.1, 0.15) is 0 Å². The summed E-state index contributed by atoms with van der Waals surface area (Å²) in [6.07, 6.45) is 0.757. The summed E-state index contributed by atoms with van der Waals surface area (Å²) in [5.41, 5.74) is 2.40. The normalized spacial score (nSPS) is 13.8. The predicted octanol–water partition coefficient (Wildman–Crippen LogP) is 1.67. The summed E-state index contributed by atoms with van der Waals surface area (Å²) >= 11 is 0. The Balaban J connectivity index is 1.54. The van der Waals surface area contributed by atoms with Gasteiger partial charge in [0.15, 0.2) is 0 Å². The minimum absolute atomic E-state index is 0.366. The van der Waals surface area contributed by atoms with Gasteiger partial charge in [0.2, 0.25) is 6.41 Å². The van der Waals surface area contributed by atoms with Crippen molar-refractivity contribution in [3.8, 4) is 0 Å². The molecule has 1 aliphatic rings. The van der Waals surface area contributed by atoms with Crippen LogP contribution in [0.2, 0.25) is 0 Å². The lowest BCUT2D eigenvalue weighted by atomic mass is 10.2. The summed E-state index contributed by atoms with van der Waals surface area (Å²) in [4.78, 5) is 38.1. The number of nitrogens with one attached hydrogen (secondary N) is 2. The van der Waals surface area contributed by atoms with Crippen LogP contribution in [0.3, 0.4) is 0 Å². The summed E-state index contributed by atoms with van der Waals surface area (Å²) in [7, 11) is 0. The first-order valence-corrected chi connectivity index (χ1v) is 8.37. The van der Waals surface area contributed by atoms with Gasteiger partial charge in [-0.2, -0.15) is 0 Å². The molecule has 0 unspecified atom stereocenters. The third kappa shape index (κ3) is 4.38. The lowest BCUT2D eigenvalue weighted by Crippen LogP contribution is -2.51. The molecule has 0 atom stereocenters. The van der Waals surface area contributed by atoms with Crippen molar-refractivity contribution in [3.63, 3.8) is 0 Å². The molecule has 7 nitrogen and oxygen atoms in total. The molecule has 2 aromatic carbocycles. The first-order chi connectivity index (χ1) is 12.7. The van der Waals surface area contributed by atoms with Crippen molar-refractivity contribution in [3.05, 3.63) is 54.6 Å². The topological polar surface area (TPSA) is 81.8 Å². The Bertz CT molecular complexity index is 769. The molecule has 3 amide bonds. The summed E-state index contributed by atoms with van der Waals surface area (Å²) in [6.45, 7) is 1.63. The standard InChI is InChI=1S/C19H20N4O3/c24-14-22-10-12-23(13-11-22)19(26)18(25)21-17-8-6-16(7-9-17)20-15-4-2-1-3-5-15/h1-9,14,20H,10-13H2,(H,21,25). The monoisotopic (exact) mass is 352 g/mol. The number of piperazine rings is 1. The van der Waals surface area contributed by atoms with E-state index in [0.29, 0.717) is 31.9 Å². The Morgan fingerprint density at radius 2 is 1.38 bits per heavy atom. The maximum atomic E-state index is 12.2. The molecule has 1 fully saturated rings. The van der Waals surface area contributed by atoms with Crippen LogP contribution in [0.4, 0.5) is 17.1 Å². The third-order valence-corrected chi connectivity index (χ3v) is 4.15. The number of para-hydroxylation sites is 1. The molecule has 0 saturated carbocycles. The van der Waals surface area contributed by atoms with Crippen molar-refractivity contribution >= 4 is 35.3 Å². The fraction of sp³-hybridized carbons (Fsp3) is 0.211. The summed E-state index contributed by atoms with van der Waals surface area (Å²) in [5, 5.41) is 5.86. The van der Waals surface area contributed by atoms with E-state index >= 15 is 0 Å². The number of carbonyl (C=O) groups is 3. The number of rotatable bonds is 4. The highest BCUT2D eigenvalue weighted by Crippen LogP contribution is 2.18. The highest BCUT2D eigenvalue weighted by atomic mass is 16.2. The zero-order chi connectivity index (χ0) is 18.4. The van der Waals surface area contributed by atoms with Crippen LogP contribution in [0.25, 0.3) is 0 Å². The molecule has 0 spiro atoms. The second kappa shape index (κ2) is 8.15. The van der Waals surface area contributed by atoms with Gasteiger partial charge in [0.05, 0.1) is 0 Å². The number of amides is 3. The molecule has 2 N–H and O–H groups in total. The Labute approximate surface area is 151 Å². The zero-order valence-electron chi connectivity index (χ0n) is 14.2. The molecular formula is C19H20N4O3. The Kier molecular flexibility index (Phi) is 5.48. The lowest BCUT2D eigenvalue weighted by Gasteiger charge is -2.31. The Morgan fingerprint density at radius 1 is 0.808 bits per heavy atom. The Hall–Kier alpha value is -3.35. The molecule has 1 saturated heterocycles. The van der Waals surface area contributed by atoms with Gasteiger partial charge in [-0.05, 0) is 36.4 Å². The third-order valence-electron chi connectivity index (χ3n) is 4.15. The summed E-state index contributed by atoms with van der Waals surface area (Å²) < 4.78 is 0. The number of carbonyl (C=O) groups excluding carboxylic acids is 3. The maximum Gasteiger partial charge on any atom is 0.313 e. The van der Waals surface area contributed by atoms with Crippen molar-refractivity contribution in [1.82, 2.24) is 9.80 Å². The van der Waals surface area contributed by atoms with Crippen LogP contribution in [0.15, 0.2) is 54.6 Å². The predicted molar refractivity (Wildman–Crippen MR) is 99.0 cm³/mol. The molecule has 134 valence electrons. The van der Waals surface area contributed by atoms with E-state index in [0.717, 1.165) is 17.8 Å². The highest BCUT2D eigenvalue weighted by Gasteiger charge is 2.25. The van der Waals surface area contributed by atoms with Crippen molar-refractivity contribution in [2.45, 2.75) is 0 Å². The van der Waals surface area contributed by atoms with Crippen molar-refractivity contribution in [1.29, 1.82) is 0 Å². The van der Waals surface area contributed by atoms with E-state index in [1.807, 2.05) is 42.5 Å². The van der Waals surface area contributed by atoms with E-state index in [1.165, 1.54) is 4.90 Å². The van der Waals surface area contributed by atoms with E-state index in [9.17, 15) is 14.4 Å². The van der Waals surface area contributed by atoms with Gasteiger partial charge in [-0.15, -0.1) is 0 Å². The van der Waals surface area contributed by atoms with Gasteiger partial charge in [-0.1, -0.05) is 18.2 Å². The molecule has 0 aliphatic carbocycles. The van der Waals surface area contributed by atoms with Crippen molar-refractivity contribution in [2.75, 3.05) is 36.8 Å². The van der Waals surface area contributed by atoms with Gasteiger partial charge in [-0.25, -0.2) is 0 Å². The molecule has 0 radical (unpaired) electrons. The van der Waals surface area contributed by atoms with Gasteiger partial charge in [-0.3, -0.25) is 14.4 Å².